The number of anilines is 1. The molecule has 28 heavy (non-hydrogen) atoms. The van der Waals surface area contributed by atoms with E-state index >= 15 is 0 Å². The molecule has 1 heterocycles. The largest absolute Gasteiger partial charge is 0.445 e. The van der Waals surface area contributed by atoms with Gasteiger partial charge in [0.2, 0.25) is 0 Å². The van der Waals surface area contributed by atoms with E-state index in [1.54, 1.807) is 16.2 Å². The van der Waals surface area contributed by atoms with E-state index in [1.165, 1.54) is 0 Å². The zero-order chi connectivity index (χ0) is 21.0. The number of hydrogen-bond donors (Lipinski definition) is 0. The molecule has 2 aromatic carbocycles. The van der Waals surface area contributed by atoms with Crippen molar-refractivity contribution in [2.75, 3.05) is 11.4 Å². The molecule has 0 aliphatic carbocycles. The summed E-state index contributed by atoms with van der Waals surface area (Å²) in [5.74, 6) is -7.11. The average molecular weight is 453 g/mol. The molecule has 0 radical (unpaired) electrons. The van der Waals surface area contributed by atoms with Crippen LogP contribution in [0.5, 0.6) is 5.75 Å². The van der Waals surface area contributed by atoms with Crippen LogP contribution in [-0.4, -0.2) is 18.0 Å². The number of rotatable bonds is 3. The molecular formula is C17H15F5NO2P3. The number of alkyl halides is 1. The molecule has 0 saturated heterocycles. The van der Waals surface area contributed by atoms with Crippen LogP contribution in [0, 0.1) is 23.3 Å². The predicted molar refractivity (Wildman–Crippen MR) is 107 cm³/mol. The Morgan fingerprint density at radius 2 is 1.71 bits per heavy atom. The van der Waals surface area contributed by atoms with Crippen molar-refractivity contribution in [1.82, 2.24) is 0 Å². The highest BCUT2D eigenvalue weighted by Crippen LogP contribution is 2.44. The molecule has 2 aromatic rings. The molecule has 0 bridgehead atoms. The summed E-state index contributed by atoms with van der Waals surface area (Å²) in [6.45, 7) is 1.83. The summed E-state index contributed by atoms with van der Waals surface area (Å²) < 4.78 is 76.2. The number of fused-ring (bicyclic) bond motifs is 1. The van der Waals surface area contributed by atoms with Crippen LogP contribution in [0.3, 0.4) is 0 Å². The van der Waals surface area contributed by atoms with Crippen molar-refractivity contribution >= 4 is 49.9 Å². The molecule has 0 fully saturated rings. The van der Waals surface area contributed by atoms with Gasteiger partial charge < -0.3 is 9.64 Å². The van der Waals surface area contributed by atoms with Crippen molar-refractivity contribution in [3.8, 4) is 16.9 Å². The Bertz CT molecular complexity index is 970. The number of hydrogen-bond acceptors (Lipinski definition) is 2. The predicted octanol–water partition coefficient (Wildman–Crippen LogP) is 3.54. The molecular weight excluding hydrogens is 438 g/mol. The lowest BCUT2D eigenvalue weighted by molar-refractivity contribution is -0.138. The molecule has 3 nitrogen and oxygen atoms in total. The first-order valence-electron chi connectivity index (χ1n) is 8.05. The Morgan fingerprint density at radius 1 is 1.07 bits per heavy atom. The molecule has 11 heteroatoms. The van der Waals surface area contributed by atoms with Crippen LogP contribution in [0.2, 0.25) is 0 Å². The second kappa shape index (κ2) is 7.48. The zero-order valence-corrected chi connectivity index (χ0v) is 17.9. The summed E-state index contributed by atoms with van der Waals surface area (Å²) in [6.07, 6.45) is 0.447. The Labute approximate surface area is 164 Å². The Morgan fingerprint density at radius 3 is 2.32 bits per heavy atom. The lowest BCUT2D eigenvalue weighted by Gasteiger charge is -2.36. The zero-order valence-electron chi connectivity index (χ0n) is 14.5. The Kier molecular flexibility index (Phi) is 5.71. The number of carbonyl (C=O) groups excluding carboxylic acids is 1. The van der Waals surface area contributed by atoms with Gasteiger partial charge in [0.05, 0.1) is 5.69 Å². The van der Waals surface area contributed by atoms with Crippen molar-refractivity contribution in [3.05, 3.63) is 35.4 Å². The fraction of sp³-hybridized carbons (Fsp3) is 0.235. The van der Waals surface area contributed by atoms with E-state index in [0.717, 1.165) is 17.0 Å². The summed E-state index contributed by atoms with van der Waals surface area (Å²) in [4.78, 5) is 13.4. The van der Waals surface area contributed by atoms with Crippen molar-refractivity contribution < 1.29 is 31.5 Å². The molecule has 1 amide bonds. The topological polar surface area (TPSA) is 29.5 Å². The third-order valence-corrected chi connectivity index (χ3v) is 6.11. The van der Waals surface area contributed by atoms with Gasteiger partial charge in [-0.1, -0.05) is 6.92 Å². The van der Waals surface area contributed by atoms with E-state index in [2.05, 4.69) is 0 Å². The first kappa shape index (κ1) is 21.4. The molecule has 4 unspecified atom stereocenters. The maximum absolute atomic E-state index is 14.7. The third kappa shape index (κ3) is 3.30. The van der Waals surface area contributed by atoms with Gasteiger partial charge in [-0.05, 0) is 27.0 Å². The first-order chi connectivity index (χ1) is 13.0. The number of carbonyl (C=O) groups is 1. The number of ether oxygens (including phenoxy) is 1. The van der Waals surface area contributed by atoms with Gasteiger partial charge in [-0.2, -0.15) is 4.39 Å². The number of amides is 1. The van der Waals surface area contributed by atoms with Gasteiger partial charge in [-0.15, -0.1) is 18.5 Å². The van der Waals surface area contributed by atoms with Crippen LogP contribution in [0.15, 0.2) is 12.1 Å². The van der Waals surface area contributed by atoms with Gasteiger partial charge in [0, 0.05) is 29.0 Å². The minimum Gasteiger partial charge on any atom is -0.445 e. The van der Waals surface area contributed by atoms with Gasteiger partial charge in [0.25, 0.3) is 0 Å². The summed E-state index contributed by atoms with van der Waals surface area (Å²) >= 11 is 0. The maximum Gasteiger partial charge on any atom is 0.338 e. The monoisotopic (exact) mass is 453 g/mol. The van der Waals surface area contributed by atoms with Crippen molar-refractivity contribution in [1.29, 1.82) is 0 Å². The molecule has 0 saturated carbocycles. The minimum atomic E-state index is -2.78. The van der Waals surface area contributed by atoms with E-state index in [1.807, 2.05) is 18.5 Å². The molecule has 0 spiro atoms. The van der Waals surface area contributed by atoms with Crippen LogP contribution in [0.4, 0.5) is 27.6 Å². The molecule has 1 aliphatic heterocycles. The van der Waals surface area contributed by atoms with Crippen molar-refractivity contribution in [3.63, 3.8) is 0 Å². The number of nitrogens with zero attached hydrogens (tertiary/aromatic N) is 1. The average Bonchev–Trinajstić information content (AvgIpc) is 2.63. The lowest BCUT2D eigenvalue weighted by atomic mass is 10.0. The highest BCUT2D eigenvalue weighted by atomic mass is 31.0. The molecule has 1 aliphatic rings. The highest BCUT2D eigenvalue weighted by molar-refractivity contribution is 7.36. The fourth-order valence-corrected chi connectivity index (χ4v) is 3.89. The van der Waals surface area contributed by atoms with Gasteiger partial charge in [0.15, 0.2) is 23.2 Å². The van der Waals surface area contributed by atoms with Gasteiger partial charge in [-0.3, -0.25) is 4.79 Å². The third-order valence-electron chi connectivity index (χ3n) is 4.25. The van der Waals surface area contributed by atoms with Crippen molar-refractivity contribution in [2.24, 2.45) is 0 Å². The van der Waals surface area contributed by atoms with Gasteiger partial charge >= 0.3 is 11.5 Å². The molecule has 150 valence electrons. The number of benzene rings is 2. The van der Waals surface area contributed by atoms with Crippen LogP contribution in [-0.2, 0) is 4.79 Å². The summed E-state index contributed by atoms with van der Waals surface area (Å²) in [7, 11) is 5.59. The molecule has 0 aromatic heterocycles. The van der Waals surface area contributed by atoms with Crippen LogP contribution in [0.1, 0.15) is 13.3 Å². The molecule has 3 rings (SSSR count). The summed E-state index contributed by atoms with van der Waals surface area (Å²) in [5.41, 5.74) is -3.72. The first-order valence-corrected chi connectivity index (χ1v) is 9.78. The van der Waals surface area contributed by atoms with E-state index in [0.29, 0.717) is 6.42 Å². The minimum absolute atomic E-state index is 0.00202. The Balaban J connectivity index is 2.30. The second-order valence-corrected chi connectivity index (χ2v) is 8.05. The number of halogens is 5. The van der Waals surface area contributed by atoms with Crippen molar-refractivity contribution in [2.45, 2.75) is 18.9 Å². The summed E-state index contributed by atoms with van der Waals surface area (Å²) in [6, 6.07) is 1.84. The molecule has 0 N–H and O–H groups in total. The van der Waals surface area contributed by atoms with Crippen LogP contribution >= 0.6 is 27.7 Å². The van der Waals surface area contributed by atoms with E-state index in [-0.39, 0.29) is 28.6 Å². The normalized spacial score (nSPS) is 18.9. The smallest absolute Gasteiger partial charge is 0.338 e. The van der Waals surface area contributed by atoms with Gasteiger partial charge in [0.1, 0.15) is 5.82 Å². The maximum atomic E-state index is 14.7. The van der Waals surface area contributed by atoms with E-state index < -0.39 is 45.9 Å². The van der Waals surface area contributed by atoms with E-state index in [9.17, 15) is 26.7 Å². The standard InChI is InChI=1S/C17H15F5NO2P3/c1-2-3-23-8-4-6(7(18)5-9(8)25-17(22,28)16(23)24)10-11(19)12(20)13(21)15(27)14(10)26/h4-5H,2-3,26-28H2,1H3. The highest BCUT2D eigenvalue weighted by Gasteiger charge is 2.45. The second-order valence-electron chi connectivity index (χ2n) is 6.15. The molecule has 4 atom stereocenters. The Hall–Kier alpha value is -1.35. The van der Waals surface area contributed by atoms with Crippen LogP contribution < -0.4 is 20.2 Å². The van der Waals surface area contributed by atoms with Crippen LogP contribution in [0.25, 0.3) is 11.1 Å². The van der Waals surface area contributed by atoms with E-state index in [4.69, 9.17) is 4.74 Å². The van der Waals surface area contributed by atoms with Gasteiger partial charge in [-0.25, -0.2) is 17.6 Å². The lowest BCUT2D eigenvalue weighted by Crippen LogP contribution is -2.50. The SMILES string of the molecule is CCCN1C(=O)C(F)(P)Oc2cc(F)c(-c3c(F)c(F)c(F)c(P)c3P)cc21. The summed E-state index contributed by atoms with van der Waals surface area (Å²) in [5, 5.41) is -0.405. The quantitative estimate of drug-likeness (QED) is 0.405. The fourth-order valence-electron chi connectivity index (χ4n) is 2.93.